The van der Waals surface area contributed by atoms with E-state index in [9.17, 15) is 4.79 Å². The maximum Gasteiger partial charge on any atom is 0.169 e. The number of rotatable bonds is 6. The van der Waals surface area contributed by atoms with Gasteiger partial charge in [0.2, 0.25) is 0 Å². The molecule has 0 bridgehead atoms. The van der Waals surface area contributed by atoms with E-state index in [1.165, 1.54) is 0 Å². The topological polar surface area (TPSA) is 35.5 Å². The predicted octanol–water partition coefficient (Wildman–Crippen LogP) is 3.08. The Hall–Kier alpha value is -1.35. The summed E-state index contributed by atoms with van der Waals surface area (Å²) < 4.78 is 10.7. The van der Waals surface area contributed by atoms with Gasteiger partial charge in [0.1, 0.15) is 5.75 Å². The third kappa shape index (κ3) is 3.86. The fourth-order valence-corrected chi connectivity index (χ4v) is 1.53. The van der Waals surface area contributed by atoms with Crippen LogP contribution in [0.5, 0.6) is 5.75 Å². The normalized spacial score (nSPS) is 11.3. The Labute approximate surface area is 103 Å². The molecule has 0 unspecified atom stereocenters. The lowest BCUT2D eigenvalue weighted by molar-refractivity contribution is 0.0171. The summed E-state index contributed by atoms with van der Waals surface area (Å²) >= 11 is 0. The minimum Gasteiger partial charge on any atom is -0.493 e. The van der Waals surface area contributed by atoms with Crippen LogP contribution in [0.25, 0.3) is 0 Å². The highest BCUT2D eigenvalue weighted by Gasteiger charge is 2.23. The van der Waals surface area contributed by atoms with E-state index in [4.69, 9.17) is 9.47 Å². The van der Waals surface area contributed by atoms with Crippen LogP contribution < -0.4 is 4.74 Å². The van der Waals surface area contributed by atoms with Gasteiger partial charge in [0.25, 0.3) is 0 Å². The van der Waals surface area contributed by atoms with Crippen molar-refractivity contribution < 1.29 is 14.3 Å². The van der Waals surface area contributed by atoms with Crippen molar-refractivity contribution >= 4 is 5.78 Å². The van der Waals surface area contributed by atoms with Gasteiger partial charge >= 0.3 is 0 Å². The van der Waals surface area contributed by atoms with Gasteiger partial charge in [-0.05, 0) is 32.9 Å². The molecule has 0 saturated carbocycles. The molecule has 3 nitrogen and oxygen atoms in total. The zero-order valence-electron chi connectivity index (χ0n) is 10.9. The summed E-state index contributed by atoms with van der Waals surface area (Å²) in [6.45, 7) is 6.25. The summed E-state index contributed by atoms with van der Waals surface area (Å²) in [6.07, 6.45) is 0.341. The van der Waals surface area contributed by atoms with Crippen molar-refractivity contribution in [2.24, 2.45) is 0 Å². The van der Waals surface area contributed by atoms with Gasteiger partial charge in [-0.15, -0.1) is 0 Å². The number of ether oxygens (including phenoxy) is 2. The van der Waals surface area contributed by atoms with Crippen LogP contribution in [-0.4, -0.2) is 25.1 Å². The number of Topliss-reactive ketones (excluding diaryl/α,β-unsaturated/α-hetero) is 1. The molecule has 0 aliphatic carbocycles. The second kappa shape index (κ2) is 5.82. The molecule has 1 aromatic carbocycles. The van der Waals surface area contributed by atoms with Gasteiger partial charge < -0.3 is 9.47 Å². The Morgan fingerprint density at radius 2 is 1.94 bits per heavy atom. The number of hydrogen-bond acceptors (Lipinski definition) is 3. The molecule has 0 aliphatic heterocycles. The summed E-state index contributed by atoms with van der Waals surface area (Å²) in [4.78, 5) is 12.2. The maximum atomic E-state index is 12.2. The van der Waals surface area contributed by atoms with Crippen molar-refractivity contribution in [1.29, 1.82) is 0 Å². The number of methoxy groups -OCH3 is 1. The molecule has 0 aromatic heterocycles. The van der Waals surface area contributed by atoms with Crippen LogP contribution in [0.1, 0.15) is 37.6 Å². The van der Waals surface area contributed by atoms with Crippen LogP contribution in [-0.2, 0) is 4.74 Å². The van der Waals surface area contributed by atoms with Crippen LogP contribution in [0, 0.1) is 0 Å². The second-order valence-corrected chi connectivity index (χ2v) is 4.49. The van der Waals surface area contributed by atoms with E-state index in [0.29, 0.717) is 24.3 Å². The van der Waals surface area contributed by atoms with Gasteiger partial charge in [-0.1, -0.05) is 12.1 Å². The first-order valence-corrected chi connectivity index (χ1v) is 5.80. The molecule has 0 amide bonds. The van der Waals surface area contributed by atoms with E-state index in [0.717, 1.165) is 0 Å². The molecular formula is C14H20O3. The van der Waals surface area contributed by atoms with Crippen molar-refractivity contribution in [2.45, 2.75) is 32.8 Å². The van der Waals surface area contributed by atoms with Gasteiger partial charge in [-0.3, -0.25) is 4.79 Å². The maximum absolute atomic E-state index is 12.2. The van der Waals surface area contributed by atoms with E-state index >= 15 is 0 Å². The van der Waals surface area contributed by atoms with E-state index in [1.807, 2.05) is 39.0 Å². The summed E-state index contributed by atoms with van der Waals surface area (Å²) in [5.74, 6) is 0.688. The Morgan fingerprint density at radius 1 is 1.29 bits per heavy atom. The van der Waals surface area contributed by atoms with Crippen molar-refractivity contribution in [2.75, 3.05) is 13.7 Å². The van der Waals surface area contributed by atoms with Gasteiger partial charge in [0, 0.05) is 13.5 Å². The van der Waals surface area contributed by atoms with E-state index in [1.54, 1.807) is 13.2 Å². The molecule has 0 saturated heterocycles. The number of para-hydroxylation sites is 1. The summed E-state index contributed by atoms with van der Waals surface area (Å²) in [5.41, 5.74) is 0.177. The largest absolute Gasteiger partial charge is 0.493 e. The van der Waals surface area contributed by atoms with Crippen LogP contribution >= 0.6 is 0 Å². The van der Waals surface area contributed by atoms with Gasteiger partial charge in [-0.25, -0.2) is 0 Å². The molecule has 0 heterocycles. The predicted molar refractivity (Wildman–Crippen MR) is 67.6 cm³/mol. The van der Waals surface area contributed by atoms with E-state index < -0.39 is 5.60 Å². The number of carbonyl (C=O) groups is 1. The molecule has 3 heteroatoms. The van der Waals surface area contributed by atoms with E-state index in [2.05, 4.69) is 0 Å². The van der Waals surface area contributed by atoms with Crippen LogP contribution in [0.4, 0.5) is 0 Å². The van der Waals surface area contributed by atoms with Crippen LogP contribution in [0.15, 0.2) is 24.3 Å². The van der Waals surface area contributed by atoms with Crippen molar-refractivity contribution in [3.8, 4) is 5.75 Å². The first-order valence-electron chi connectivity index (χ1n) is 5.80. The molecule has 0 radical (unpaired) electrons. The quantitative estimate of drug-likeness (QED) is 0.712. The molecule has 94 valence electrons. The summed E-state index contributed by atoms with van der Waals surface area (Å²) in [7, 11) is 1.61. The average Bonchev–Trinajstić information content (AvgIpc) is 2.29. The van der Waals surface area contributed by atoms with Crippen LogP contribution in [0.3, 0.4) is 0 Å². The fourth-order valence-electron chi connectivity index (χ4n) is 1.53. The first-order chi connectivity index (χ1) is 8.00. The highest BCUT2D eigenvalue weighted by Crippen LogP contribution is 2.23. The van der Waals surface area contributed by atoms with Gasteiger partial charge in [0.15, 0.2) is 5.78 Å². The Bertz CT molecular complexity index is 383. The summed E-state index contributed by atoms with van der Waals surface area (Å²) in [5, 5.41) is 0. The minimum atomic E-state index is -0.448. The molecule has 1 rings (SSSR count). The lowest BCUT2D eigenvalue weighted by atomic mass is 9.97. The molecule has 0 aliphatic rings. The molecule has 0 N–H and O–H groups in total. The van der Waals surface area contributed by atoms with Crippen molar-refractivity contribution in [3.63, 3.8) is 0 Å². The highest BCUT2D eigenvalue weighted by atomic mass is 16.5. The molecular weight excluding hydrogens is 216 g/mol. The molecule has 0 spiro atoms. The standard InChI is InChI=1S/C14H20O3/c1-5-17-13-9-7-6-8-11(13)12(15)10-14(2,3)16-4/h6-9H,5,10H2,1-4H3. The van der Waals surface area contributed by atoms with Crippen molar-refractivity contribution in [1.82, 2.24) is 0 Å². The lowest BCUT2D eigenvalue weighted by Gasteiger charge is -2.22. The molecule has 1 aromatic rings. The third-order valence-corrected chi connectivity index (χ3v) is 2.63. The Morgan fingerprint density at radius 3 is 2.53 bits per heavy atom. The average molecular weight is 236 g/mol. The van der Waals surface area contributed by atoms with Gasteiger partial charge in [-0.2, -0.15) is 0 Å². The number of benzene rings is 1. The first kappa shape index (κ1) is 13.7. The number of carbonyl (C=O) groups excluding carboxylic acids is 1. The smallest absolute Gasteiger partial charge is 0.169 e. The zero-order valence-corrected chi connectivity index (χ0v) is 10.9. The van der Waals surface area contributed by atoms with E-state index in [-0.39, 0.29) is 5.78 Å². The molecule has 0 fully saturated rings. The second-order valence-electron chi connectivity index (χ2n) is 4.49. The SMILES string of the molecule is CCOc1ccccc1C(=O)CC(C)(C)OC. The van der Waals surface area contributed by atoms with Crippen molar-refractivity contribution in [3.05, 3.63) is 29.8 Å². The number of ketones is 1. The fraction of sp³-hybridized carbons (Fsp3) is 0.500. The molecule has 0 atom stereocenters. The number of hydrogen-bond donors (Lipinski definition) is 0. The third-order valence-electron chi connectivity index (χ3n) is 2.63. The summed E-state index contributed by atoms with van der Waals surface area (Å²) in [6, 6.07) is 7.31. The monoisotopic (exact) mass is 236 g/mol. The Balaban J connectivity index is 2.88. The highest BCUT2D eigenvalue weighted by molar-refractivity contribution is 5.99. The Kier molecular flexibility index (Phi) is 4.70. The minimum absolute atomic E-state index is 0.0425. The van der Waals surface area contributed by atoms with Gasteiger partial charge in [0.05, 0.1) is 17.8 Å². The van der Waals surface area contributed by atoms with Crippen LogP contribution in [0.2, 0.25) is 0 Å². The zero-order chi connectivity index (χ0) is 12.9. The molecule has 17 heavy (non-hydrogen) atoms. The lowest BCUT2D eigenvalue weighted by Crippen LogP contribution is -2.26.